The van der Waals surface area contributed by atoms with E-state index in [1.54, 1.807) is 18.2 Å². The summed E-state index contributed by atoms with van der Waals surface area (Å²) >= 11 is 0. The highest BCUT2D eigenvalue weighted by atomic mass is 19.1. The van der Waals surface area contributed by atoms with Crippen molar-refractivity contribution in [2.75, 3.05) is 6.61 Å². The van der Waals surface area contributed by atoms with E-state index < -0.39 is 11.4 Å². The number of aryl methyl sites for hydroxylation is 1. The molecular formula is C27H41FO3. The fourth-order valence-corrected chi connectivity index (χ4v) is 4.00. The number of hydrogen-bond donors (Lipinski definition) is 0. The number of benzene rings is 1. The van der Waals surface area contributed by atoms with Crippen LogP contribution in [0.4, 0.5) is 4.39 Å². The Morgan fingerprint density at radius 3 is 2.03 bits per heavy atom. The summed E-state index contributed by atoms with van der Waals surface area (Å²) in [6.45, 7) is 4.86. The van der Waals surface area contributed by atoms with Crippen LogP contribution in [0.2, 0.25) is 0 Å². The molecule has 3 nitrogen and oxygen atoms in total. The Bertz CT molecular complexity index is 812. The van der Waals surface area contributed by atoms with E-state index in [4.69, 9.17) is 9.15 Å². The molecule has 174 valence electrons. The number of ether oxygens (including phenoxy) is 1. The van der Waals surface area contributed by atoms with Crippen LogP contribution < -0.4 is 10.4 Å². The molecule has 0 aliphatic heterocycles. The Morgan fingerprint density at radius 1 is 0.806 bits per heavy atom. The molecule has 0 bridgehead atoms. The van der Waals surface area contributed by atoms with Crippen LogP contribution >= 0.6 is 0 Å². The molecule has 31 heavy (non-hydrogen) atoms. The molecule has 0 fully saturated rings. The second kappa shape index (κ2) is 15.0. The maximum absolute atomic E-state index is 14.8. The summed E-state index contributed by atoms with van der Waals surface area (Å²) in [4.78, 5) is 12.4. The summed E-state index contributed by atoms with van der Waals surface area (Å²) in [5, 5.41) is 0.590. The lowest BCUT2D eigenvalue weighted by atomic mass is 10.0. The van der Waals surface area contributed by atoms with Crippen LogP contribution in [0.1, 0.15) is 109 Å². The topological polar surface area (TPSA) is 39.4 Å². The molecular weight excluding hydrogens is 391 g/mol. The Balaban J connectivity index is 1.79. The number of fused-ring (bicyclic) bond motifs is 1. The van der Waals surface area contributed by atoms with Crippen molar-refractivity contribution in [2.45, 2.75) is 110 Å². The zero-order valence-electron chi connectivity index (χ0n) is 19.6. The molecule has 0 atom stereocenters. The van der Waals surface area contributed by atoms with E-state index >= 15 is 0 Å². The first-order chi connectivity index (χ1) is 15.2. The Hall–Kier alpha value is -1.84. The maximum Gasteiger partial charge on any atom is 0.346 e. The van der Waals surface area contributed by atoms with E-state index in [1.165, 1.54) is 51.4 Å². The third-order valence-corrected chi connectivity index (χ3v) is 5.92. The van der Waals surface area contributed by atoms with E-state index in [0.29, 0.717) is 17.8 Å². The van der Waals surface area contributed by atoms with Gasteiger partial charge < -0.3 is 9.15 Å². The Morgan fingerprint density at radius 2 is 1.39 bits per heavy atom. The molecule has 4 heteroatoms. The molecule has 1 aromatic carbocycles. The van der Waals surface area contributed by atoms with Gasteiger partial charge in [-0.15, -0.1) is 0 Å². The third kappa shape index (κ3) is 9.04. The first-order valence-electron chi connectivity index (χ1n) is 12.5. The predicted molar refractivity (Wildman–Crippen MR) is 128 cm³/mol. The summed E-state index contributed by atoms with van der Waals surface area (Å²) in [6.07, 6.45) is 17.6. The fraction of sp³-hybridized carbons (Fsp3) is 0.667. The van der Waals surface area contributed by atoms with Gasteiger partial charge in [0.2, 0.25) is 0 Å². The van der Waals surface area contributed by atoms with Crippen molar-refractivity contribution in [1.82, 2.24) is 0 Å². The summed E-state index contributed by atoms with van der Waals surface area (Å²) in [7, 11) is 0. The monoisotopic (exact) mass is 432 g/mol. The van der Waals surface area contributed by atoms with Gasteiger partial charge in [0, 0.05) is 6.42 Å². The highest BCUT2D eigenvalue weighted by molar-refractivity contribution is 5.83. The Kier molecular flexibility index (Phi) is 12.3. The smallest absolute Gasteiger partial charge is 0.346 e. The van der Waals surface area contributed by atoms with Gasteiger partial charge in [-0.25, -0.2) is 9.18 Å². The van der Waals surface area contributed by atoms with Crippen molar-refractivity contribution in [3.63, 3.8) is 0 Å². The van der Waals surface area contributed by atoms with Gasteiger partial charge in [-0.05, 0) is 30.4 Å². The van der Waals surface area contributed by atoms with Crippen LogP contribution in [0, 0.1) is 5.82 Å². The lowest BCUT2D eigenvalue weighted by Gasteiger charge is -2.09. The van der Waals surface area contributed by atoms with E-state index in [-0.39, 0.29) is 11.1 Å². The minimum Gasteiger partial charge on any atom is -0.490 e. The van der Waals surface area contributed by atoms with Crippen LogP contribution in [0.15, 0.2) is 27.4 Å². The molecule has 0 amide bonds. The van der Waals surface area contributed by atoms with Crippen LogP contribution in [0.3, 0.4) is 0 Å². The predicted octanol–water partition coefficient (Wildman–Crippen LogP) is 8.35. The van der Waals surface area contributed by atoms with E-state index in [2.05, 4.69) is 13.8 Å². The maximum atomic E-state index is 14.8. The second-order valence-corrected chi connectivity index (χ2v) is 8.68. The van der Waals surface area contributed by atoms with Gasteiger partial charge in [0.25, 0.3) is 0 Å². The van der Waals surface area contributed by atoms with E-state index in [0.717, 1.165) is 44.9 Å². The van der Waals surface area contributed by atoms with Gasteiger partial charge in [-0.3, -0.25) is 0 Å². The van der Waals surface area contributed by atoms with E-state index in [1.807, 2.05) is 0 Å². The van der Waals surface area contributed by atoms with Crippen molar-refractivity contribution >= 4 is 10.8 Å². The van der Waals surface area contributed by atoms with Gasteiger partial charge in [-0.2, -0.15) is 0 Å². The molecule has 2 rings (SSSR count). The number of halogens is 1. The molecule has 0 radical (unpaired) electrons. The summed E-state index contributed by atoms with van der Waals surface area (Å²) < 4.78 is 25.8. The standard InChI is InChI=1S/C27H41FO3/c1-3-5-7-9-10-11-12-13-14-15-17-23-21-22-18-19-24(30-20-16-8-6-4-2)26(28)25(22)27(29)31-23/h18-19,21H,3-17,20H2,1-2H3. The van der Waals surface area contributed by atoms with Crippen molar-refractivity contribution < 1.29 is 13.5 Å². The van der Waals surface area contributed by atoms with Crippen LogP contribution in [0.5, 0.6) is 5.75 Å². The van der Waals surface area contributed by atoms with Crippen LogP contribution in [-0.4, -0.2) is 6.61 Å². The average molecular weight is 433 g/mol. The largest absolute Gasteiger partial charge is 0.490 e. The number of unbranched alkanes of at least 4 members (excludes halogenated alkanes) is 12. The Labute approximate surface area is 187 Å². The molecule has 0 saturated carbocycles. The molecule has 1 heterocycles. The lowest BCUT2D eigenvalue weighted by molar-refractivity contribution is 0.291. The number of rotatable bonds is 17. The fourth-order valence-electron chi connectivity index (χ4n) is 4.00. The molecule has 0 unspecified atom stereocenters. The van der Waals surface area contributed by atoms with Crippen molar-refractivity contribution in [3.8, 4) is 5.75 Å². The normalized spacial score (nSPS) is 11.3. The first kappa shape index (κ1) is 25.4. The van der Waals surface area contributed by atoms with Crippen LogP contribution in [-0.2, 0) is 6.42 Å². The van der Waals surface area contributed by atoms with Gasteiger partial charge in [0.1, 0.15) is 11.1 Å². The quantitative estimate of drug-likeness (QED) is 0.236. The van der Waals surface area contributed by atoms with Crippen LogP contribution in [0.25, 0.3) is 10.8 Å². The zero-order chi connectivity index (χ0) is 22.3. The minimum atomic E-state index is -0.604. The molecule has 0 spiro atoms. The average Bonchev–Trinajstić information content (AvgIpc) is 2.76. The summed E-state index contributed by atoms with van der Waals surface area (Å²) in [5.41, 5.74) is -0.603. The molecule has 0 aliphatic carbocycles. The van der Waals surface area contributed by atoms with E-state index in [9.17, 15) is 9.18 Å². The molecule has 0 aliphatic rings. The van der Waals surface area contributed by atoms with Gasteiger partial charge in [0.15, 0.2) is 11.6 Å². The van der Waals surface area contributed by atoms with Crippen molar-refractivity contribution in [3.05, 3.63) is 40.2 Å². The van der Waals surface area contributed by atoms with Gasteiger partial charge in [-0.1, -0.05) is 97.0 Å². The summed E-state index contributed by atoms with van der Waals surface area (Å²) in [5.74, 6) is 0.177. The second-order valence-electron chi connectivity index (χ2n) is 8.68. The van der Waals surface area contributed by atoms with Gasteiger partial charge in [0.05, 0.1) is 6.61 Å². The highest BCUT2D eigenvalue weighted by Gasteiger charge is 2.14. The SMILES string of the molecule is CCCCCCCCCCCCc1cc2ccc(OCCCCCC)c(F)c2c(=O)o1. The first-order valence-corrected chi connectivity index (χ1v) is 12.5. The van der Waals surface area contributed by atoms with Gasteiger partial charge >= 0.3 is 5.63 Å². The lowest BCUT2D eigenvalue weighted by Crippen LogP contribution is -2.07. The number of hydrogen-bond acceptors (Lipinski definition) is 3. The van der Waals surface area contributed by atoms with Crippen molar-refractivity contribution in [2.24, 2.45) is 0 Å². The summed E-state index contributed by atoms with van der Waals surface area (Å²) in [6, 6.07) is 5.19. The third-order valence-electron chi connectivity index (χ3n) is 5.92. The molecule has 1 aromatic heterocycles. The van der Waals surface area contributed by atoms with Crippen molar-refractivity contribution in [1.29, 1.82) is 0 Å². The molecule has 2 aromatic rings. The molecule has 0 saturated heterocycles. The molecule has 0 N–H and O–H groups in total. The highest BCUT2D eigenvalue weighted by Crippen LogP contribution is 2.25. The zero-order valence-corrected chi connectivity index (χ0v) is 19.6. The minimum absolute atomic E-state index is 0.00196.